The molecule has 26 heavy (non-hydrogen) atoms. The first-order chi connectivity index (χ1) is 12.4. The molecule has 11 heteroatoms. The fraction of sp³-hybridized carbons (Fsp3) is 0.267. The van der Waals surface area contributed by atoms with Crippen molar-refractivity contribution in [3.63, 3.8) is 0 Å². The Balaban J connectivity index is 1.76. The van der Waals surface area contributed by atoms with Crippen LogP contribution in [0.4, 0.5) is 5.95 Å². The normalized spacial score (nSPS) is 13.4. The summed E-state index contributed by atoms with van der Waals surface area (Å²) in [6, 6.07) is 3.42. The van der Waals surface area contributed by atoms with E-state index in [0.29, 0.717) is 0 Å². The Morgan fingerprint density at radius 1 is 1.27 bits per heavy atom. The van der Waals surface area contributed by atoms with Crippen molar-refractivity contribution in [1.82, 2.24) is 19.7 Å². The number of aromatic nitrogens is 4. The molecule has 2 heterocycles. The molecule has 0 spiro atoms. The summed E-state index contributed by atoms with van der Waals surface area (Å²) in [6.45, 7) is -0.128. The van der Waals surface area contributed by atoms with Gasteiger partial charge in [0.15, 0.2) is 0 Å². The van der Waals surface area contributed by atoms with E-state index in [9.17, 15) is 14.7 Å². The van der Waals surface area contributed by atoms with Gasteiger partial charge in [-0.05, 0) is 17.7 Å². The molecule has 0 bridgehead atoms. The van der Waals surface area contributed by atoms with Crippen LogP contribution in [-0.2, 0) is 22.6 Å². The van der Waals surface area contributed by atoms with Crippen LogP contribution in [0.15, 0.2) is 30.0 Å². The number of hydrogen-bond donors (Lipinski definition) is 4. The van der Waals surface area contributed by atoms with E-state index in [1.807, 2.05) is 18.2 Å². The maximum atomic E-state index is 11.6. The van der Waals surface area contributed by atoms with Crippen molar-refractivity contribution in [2.24, 2.45) is 5.73 Å². The van der Waals surface area contributed by atoms with E-state index < -0.39 is 24.0 Å². The third-order valence-corrected chi connectivity index (χ3v) is 4.53. The van der Waals surface area contributed by atoms with Gasteiger partial charge in [0.2, 0.25) is 5.95 Å². The van der Waals surface area contributed by atoms with Gasteiger partial charge in [-0.3, -0.25) is 4.79 Å². The number of rotatable bonds is 8. The molecule has 0 saturated heterocycles. The van der Waals surface area contributed by atoms with E-state index in [2.05, 4.69) is 20.4 Å². The Labute approximate surface area is 151 Å². The van der Waals surface area contributed by atoms with E-state index in [0.717, 1.165) is 15.8 Å². The predicted octanol–water partition coefficient (Wildman–Crippen LogP) is 0.407. The van der Waals surface area contributed by atoms with Crippen LogP contribution in [-0.4, -0.2) is 54.0 Å². The van der Waals surface area contributed by atoms with Crippen molar-refractivity contribution < 1.29 is 19.8 Å². The van der Waals surface area contributed by atoms with Gasteiger partial charge in [0.1, 0.15) is 18.4 Å². The quantitative estimate of drug-likeness (QED) is 0.437. The summed E-state index contributed by atoms with van der Waals surface area (Å²) in [5.74, 6) is -2.10. The molecule has 5 N–H and O–H groups in total. The minimum Gasteiger partial charge on any atom is -0.480 e. The lowest BCUT2D eigenvalue weighted by atomic mass is 10.1. The fourth-order valence-corrected chi connectivity index (χ4v) is 3.13. The van der Waals surface area contributed by atoms with Gasteiger partial charge in [0, 0.05) is 6.42 Å². The predicted molar refractivity (Wildman–Crippen MR) is 94.0 cm³/mol. The lowest BCUT2D eigenvalue weighted by Crippen LogP contribution is -2.37. The van der Waals surface area contributed by atoms with E-state index in [-0.39, 0.29) is 18.9 Å². The van der Waals surface area contributed by atoms with Crippen molar-refractivity contribution in [3.8, 4) is 0 Å². The maximum absolute atomic E-state index is 11.6. The van der Waals surface area contributed by atoms with Crippen molar-refractivity contribution in [2.45, 2.75) is 25.0 Å². The van der Waals surface area contributed by atoms with Crippen molar-refractivity contribution in [2.75, 3.05) is 5.32 Å². The summed E-state index contributed by atoms with van der Waals surface area (Å²) in [4.78, 5) is 30.7. The molecule has 0 radical (unpaired) electrons. The van der Waals surface area contributed by atoms with Gasteiger partial charge in [0.05, 0.1) is 22.3 Å². The molecule has 0 aliphatic heterocycles. The van der Waals surface area contributed by atoms with Crippen LogP contribution in [0.1, 0.15) is 5.56 Å². The van der Waals surface area contributed by atoms with Gasteiger partial charge in [-0.15, -0.1) is 11.3 Å². The highest BCUT2D eigenvalue weighted by Crippen LogP contribution is 2.20. The smallest absolute Gasteiger partial charge is 0.326 e. The Morgan fingerprint density at radius 2 is 2.08 bits per heavy atom. The number of carboxylic acid groups (broad SMARTS) is 2. The lowest BCUT2D eigenvalue weighted by molar-refractivity contribution is -0.139. The Kier molecular flexibility index (Phi) is 5.09. The molecule has 3 rings (SSSR count). The second kappa shape index (κ2) is 7.45. The summed E-state index contributed by atoms with van der Waals surface area (Å²) in [5, 5.41) is 25.1. The molecule has 136 valence electrons. The second-order valence-electron chi connectivity index (χ2n) is 5.60. The number of benzene rings is 1. The van der Waals surface area contributed by atoms with Crippen molar-refractivity contribution in [3.05, 3.63) is 35.6 Å². The Bertz CT molecular complexity index is 939. The number of fused-ring (bicyclic) bond motifs is 1. The molecule has 0 aliphatic rings. The number of nitrogens with zero attached hydrogens (tertiary/aromatic N) is 4. The standard InChI is InChI=1S/C15H16N6O4S/c16-9(13(22)23)5-21-15(17-6-19-21)20-11(14(24)25)3-8-1-2-10-12(4-8)26-7-18-10/h1-2,4,6-7,9,11H,3,5,16H2,(H,22,23)(H,24,25)(H,17,19,20). The molecule has 0 amide bonds. The number of hydrogen-bond acceptors (Lipinski definition) is 8. The van der Waals surface area contributed by atoms with Gasteiger partial charge in [-0.1, -0.05) is 6.07 Å². The molecule has 1 aromatic carbocycles. The first-order valence-corrected chi connectivity index (χ1v) is 8.49. The van der Waals surface area contributed by atoms with E-state index >= 15 is 0 Å². The largest absolute Gasteiger partial charge is 0.480 e. The molecule has 2 aromatic heterocycles. The Morgan fingerprint density at radius 3 is 2.81 bits per heavy atom. The average molecular weight is 376 g/mol. The molecule has 0 aliphatic carbocycles. The topological polar surface area (TPSA) is 156 Å². The van der Waals surface area contributed by atoms with Crippen LogP contribution in [0.25, 0.3) is 10.2 Å². The average Bonchev–Trinajstić information content (AvgIpc) is 3.23. The van der Waals surface area contributed by atoms with E-state index in [1.165, 1.54) is 22.3 Å². The van der Waals surface area contributed by atoms with Crippen LogP contribution in [0.2, 0.25) is 0 Å². The zero-order valence-electron chi connectivity index (χ0n) is 13.4. The second-order valence-corrected chi connectivity index (χ2v) is 6.49. The van der Waals surface area contributed by atoms with Crippen molar-refractivity contribution in [1.29, 1.82) is 0 Å². The van der Waals surface area contributed by atoms with Gasteiger partial charge >= 0.3 is 11.9 Å². The van der Waals surface area contributed by atoms with Gasteiger partial charge < -0.3 is 21.3 Å². The van der Waals surface area contributed by atoms with E-state index in [1.54, 1.807) is 5.51 Å². The summed E-state index contributed by atoms with van der Waals surface area (Å²) in [5.41, 5.74) is 8.92. The third-order valence-electron chi connectivity index (χ3n) is 3.74. The molecule has 2 atom stereocenters. The van der Waals surface area contributed by atoms with Gasteiger partial charge in [-0.2, -0.15) is 10.1 Å². The number of nitrogens with one attached hydrogen (secondary N) is 1. The lowest BCUT2D eigenvalue weighted by Gasteiger charge is -2.16. The number of carbonyl (C=O) groups is 2. The highest BCUT2D eigenvalue weighted by atomic mass is 32.1. The number of thiazole rings is 1. The van der Waals surface area contributed by atoms with Crippen LogP contribution in [0, 0.1) is 0 Å². The molecule has 10 nitrogen and oxygen atoms in total. The van der Waals surface area contributed by atoms with Gasteiger partial charge in [-0.25, -0.2) is 14.5 Å². The molecule has 0 saturated carbocycles. The number of aliphatic carboxylic acids is 2. The first-order valence-electron chi connectivity index (χ1n) is 7.61. The third kappa shape index (κ3) is 3.95. The molecule has 2 unspecified atom stereocenters. The monoisotopic (exact) mass is 376 g/mol. The molecule has 3 aromatic rings. The summed E-state index contributed by atoms with van der Waals surface area (Å²) < 4.78 is 2.21. The summed E-state index contributed by atoms with van der Waals surface area (Å²) in [6.07, 6.45) is 1.42. The SMILES string of the molecule is NC(Cn1ncnc1NC(Cc1ccc2ncsc2c1)C(=O)O)C(=O)O. The minimum absolute atomic E-state index is 0.128. The number of anilines is 1. The highest BCUT2D eigenvalue weighted by Gasteiger charge is 2.22. The molecular weight excluding hydrogens is 360 g/mol. The number of carboxylic acids is 2. The van der Waals surface area contributed by atoms with E-state index in [4.69, 9.17) is 10.8 Å². The summed E-state index contributed by atoms with van der Waals surface area (Å²) in [7, 11) is 0. The molecular formula is C15H16N6O4S. The van der Waals surface area contributed by atoms with Crippen LogP contribution in [0.3, 0.4) is 0 Å². The first kappa shape index (κ1) is 17.8. The van der Waals surface area contributed by atoms with Crippen LogP contribution in [0.5, 0.6) is 0 Å². The van der Waals surface area contributed by atoms with Crippen molar-refractivity contribution >= 4 is 39.4 Å². The van der Waals surface area contributed by atoms with Crippen LogP contribution >= 0.6 is 11.3 Å². The zero-order valence-corrected chi connectivity index (χ0v) is 14.3. The maximum Gasteiger partial charge on any atom is 0.326 e. The summed E-state index contributed by atoms with van der Waals surface area (Å²) >= 11 is 1.48. The molecule has 0 fully saturated rings. The van der Waals surface area contributed by atoms with Crippen LogP contribution < -0.4 is 11.1 Å². The zero-order chi connectivity index (χ0) is 18.7. The number of nitrogens with two attached hydrogens (primary N) is 1. The minimum atomic E-state index is -1.18. The highest BCUT2D eigenvalue weighted by molar-refractivity contribution is 7.16. The van der Waals surface area contributed by atoms with Gasteiger partial charge in [0.25, 0.3) is 0 Å². The fourth-order valence-electron chi connectivity index (χ4n) is 2.39. The Hall–Kier alpha value is -3.05.